The standard InChI is InChI=1S/C12H20N3O4PS3/c1-5-9-22-20(21,18-6-2)19-14-10-12(3,4)23(16,17)11-13-7-8-15(10)11/h7-8H,5-6,9H2,1-4H3. The molecule has 1 aliphatic heterocycles. The lowest BCUT2D eigenvalue weighted by Gasteiger charge is -2.20. The largest absolute Gasteiger partial charge is 0.328 e. The molecule has 11 heteroatoms. The normalized spacial score (nSPS) is 22.7. The average Bonchev–Trinajstić information content (AvgIpc) is 2.99. The minimum absolute atomic E-state index is 0.0317. The monoisotopic (exact) mass is 397 g/mol. The molecule has 0 saturated carbocycles. The summed E-state index contributed by atoms with van der Waals surface area (Å²) in [6.45, 7) is 7.43. The lowest BCUT2D eigenvalue weighted by molar-refractivity contribution is 0.278. The predicted octanol–water partition coefficient (Wildman–Crippen LogP) is 3.03. The van der Waals surface area contributed by atoms with E-state index in [1.807, 2.05) is 13.8 Å². The molecule has 1 unspecified atom stereocenters. The molecule has 0 bridgehead atoms. The van der Waals surface area contributed by atoms with Crippen molar-refractivity contribution in [1.82, 2.24) is 9.55 Å². The summed E-state index contributed by atoms with van der Waals surface area (Å²) >= 11 is 6.87. The third-order valence-corrected chi connectivity index (χ3v) is 10.8. The zero-order chi connectivity index (χ0) is 17.3. The Morgan fingerprint density at radius 1 is 1.48 bits per heavy atom. The molecule has 1 aliphatic rings. The summed E-state index contributed by atoms with van der Waals surface area (Å²) in [6.07, 6.45) is 3.90. The lowest BCUT2D eigenvalue weighted by Crippen LogP contribution is -2.36. The van der Waals surface area contributed by atoms with Gasteiger partial charge in [-0.25, -0.2) is 13.4 Å². The van der Waals surface area contributed by atoms with E-state index in [-0.39, 0.29) is 11.0 Å². The van der Waals surface area contributed by atoms with E-state index in [0.29, 0.717) is 6.61 Å². The molecule has 0 saturated heterocycles. The van der Waals surface area contributed by atoms with Crippen LogP contribution in [0.4, 0.5) is 0 Å². The van der Waals surface area contributed by atoms with Crippen LogP contribution in [0.2, 0.25) is 0 Å². The Labute approximate surface area is 145 Å². The van der Waals surface area contributed by atoms with Crippen molar-refractivity contribution >= 4 is 44.6 Å². The highest BCUT2D eigenvalue weighted by molar-refractivity contribution is 8.67. The number of sulfone groups is 1. The van der Waals surface area contributed by atoms with Gasteiger partial charge in [0.15, 0.2) is 5.84 Å². The Morgan fingerprint density at radius 2 is 2.17 bits per heavy atom. The highest BCUT2D eigenvalue weighted by Crippen LogP contribution is 2.61. The Hall–Kier alpha value is -0.410. The molecule has 1 aromatic heterocycles. The molecule has 1 aromatic rings. The second-order valence-electron chi connectivity index (χ2n) is 5.29. The van der Waals surface area contributed by atoms with Crippen molar-refractivity contribution in [3.63, 3.8) is 0 Å². The molecule has 0 aliphatic carbocycles. The van der Waals surface area contributed by atoms with Crippen LogP contribution in [0.1, 0.15) is 34.1 Å². The smallest absolute Gasteiger partial charge is 0.322 e. The average molecular weight is 397 g/mol. The summed E-state index contributed by atoms with van der Waals surface area (Å²) in [6, 6.07) is 0. The summed E-state index contributed by atoms with van der Waals surface area (Å²) < 4.78 is 36.4. The van der Waals surface area contributed by atoms with Crippen LogP contribution in [-0.2, 0) is 30.8 Å². The van der Waals surface area contributed by atoms with Gasteiger partial charge in [-0.2, -0.15) is 0 Å². The zero-order valence-corrected chi connectivity index (χ0v) is 16.8. The summed E-state index contributed by atoms with van der Waals surface area (Å²) in [4.78, 5) is 3.91. The van der Waals surface area contributed by atoms with E-state index >= 15 is 0 Å². The van der Waals surface area contributed by atoms with Gasteiger partial charge in [-0.15, -0.1) is 0 Å². The summed E-state index contributed by atoms with van der Waals surface area (Å²) in [7, 11) is -3.61. The van der Waals surface area contributed by atoms with Crippen molar-refractivity contribution in [2.24, 2.45) is 5.16 Å². The van der Waals surface area contributed by atoms with Gasteiger partial charge < -0.3 is 9.15 Å². The van der Waals surface area contributed by atoms with Gasteiger partial charge in [0.1, 0.15) is 4.75 Å². The molecular weight excluding hydrogens is 377 g/mol. The molecule has 0 fully saturated rings. The minimum atomic E-state index is -3.61. The van der Waals surface area contributed by atoms with Crippen molar-refractivity contribution in [3.05, 3.63) is 12.4 Å². The first-order valence-corrected chi connectivity index (χ1v) is 12.9. The third kappa shape index (κ3) is 3.37. The number of aromatic nitrogens is 2. The van der Waals surface area contributed by atoms with E-state index < -0.39 is 20.3 Å². The zero-order valence-electron chi connectivity index (χ0n) is 13.4. The molecule has 0 N–H and O–H groups in total. The molecule has 130 valence electrons. The van der Waals surface area contributed by atoms with Gasteiger partial charge in [-0.1, -0.05) is 23.5 Å². The van der Waals surface area contributed by atoms with Crippen molar-refractivity contribution in [2.45, 2.75) is 44.0 Å². The maximum atomic E-state index is 12.5. The van der Waals surface area contributed by atoms with Crippen molar-refractivity contribution < 1.29 is 17.6 Å². The Balaban J connectivity index is 2.37. The second-order valence-corrected chi connectivity index (χ2v) is 14.0. The Morgan fingerprint density at radius 3 is 2.78 bits per heavy atom. The number of fused-ring (bicyclic) bond motifs is 1. The Bertz CT molecular complexity index is 757. The van der Waals surface area contributed by atoms with Crippen LogP contribution >= 0.6 is 17.1 Å². The van der Waals surface area contributed by atoms with E-state index in [1.165, 1.54) is 22.1 Å². The van der Waals surface area contributed by atoms with Gasteiger partial charge in [0.25, 0.3) is 0 Å². The van der Waals surface area contributed by atoms with Crippen LogP contribution in [0.5, 0.6) is 0 Å². The van der Waals surface area contributed by atoms with Crippen LogP contribution in [0.3, 0.4) is 0 Å². The van der Waals surface area contributed by atoms with Gasteiger partial charge in [0.05, 0.1) is 6.61 Å². The van der Waals surface area contributed by atoms with E-state index in [2.05, 4.69) is 10.1 Å². The summed E-state index contributed by atoms with van der Waals surface area (Å²) in [5.74, 6) is 1.04. The van der Waals surface area contributed by atoms with E-state index in [9.17, 15) is 8.42 Å². The van der Waals surface area contributed by atoms with Gasteiger partial charge in [0.2, 0.25) is 15.0 Å². The van der Waals surface area contributed by atoms with Crippen LogP contribution in [0.25, 0.3) is 0 Å². The van der Waals surface area contributed by atoms with E-state index in [1.54, 1.807) is 20.0 Å². The van der Waals surface area contributed by atoms with Gasteiger partial charge in [0, 0.05) is 18.1 Å². The van der Waals surface area contributed by atoms with Crippen molar-refractivity contribution in [2.75, 3.05) is 12.4 Å². The number of oxime groups is 1. The summed E-state index contributed by atoms with van der Waals surface area (Å²) in [5.41, 5.74) is -2.65. The fraction of sp³-hybridized carbons (Fsp3) is 0.667. The molecule has 1 atom stereocenters. The maximum absolute atomic E-state index is 12.5. The molecule has 2 heterocycles. The third-order valence-electron chi connectivity index (χ3n) is 3.25. The van der Waals surface area contributed by atoms with Gasteiger partial charge in [-0.3, -0.25) is 4.57 Å². The SMILES string of the molecule is CCCSP(=S)(OCC)ON=C1n2ccnc2S(=O)(=O)C1(C)C. The second kappa shape index (κ2) is 6.84. The topological polar surface area (TPSA) is 82.8 Å². The summed E-state index contributed by atoms with van der Waals surface area (Å²) in [5, 5.41) is 4.06. The molecule has 23 heavy (non-hydrogen) atoms. The number of imidazole rings is 1. The quantitative estimate of drug-likeness (QED) is 0.516. The lowest BCUT2D eigenvalue weighted by atomic mass is 10.2. The minimum Gasteiger partial charge on any atom is -0.328 e. The molecule has 0 spiro atoms. The molecule has 0 radical (unpaired) electrons. The predicted molar refractivity (Wildman–Crippen MR) is 96.1 cm³/mol. The van der Waals surface area contributed by atoms with E-state index in [4.69, 9.17) is 21.0 Å². The maximum Gasteiger partial charge on any atom is 0.322 e. The fourth-order valence-electron chi connectivity index (χ4n) is 1.98. The number of rotatable bonds is 7. The van der Waals surface area contributed by atoms with Crippen molar-refractivity contribution in [1.29, 1.82) is 0 Å². The first-order chi connectivity index (χ1) is 10.7. The molecule has 0 amide bonds. The van der Waals surface area contributed by atoms with E-state index in [0.717, 1.165) is 12.2 Å². The van der Waals surface area contributed by atoms with Crippen LogP contribution in [0.15, 0.2) is 22.7 Å². The first-order valence-electron chi connectivity index (χ1n) is 7.14. The Kier molecular flexibility index (Phi) is 5.62. The van der Waals surface area contributed by atoms with Gasteiger partial charge in [-0.05, 0) is 39.0 Å². The van der Waals surface area contributed by atoms with Gasteiger partial charge >= 0.3 is 5.69 Å². The first kappa shape index (κ1) is 18.9. The fourth-order valence-corrected chi connectivity index (χ4v) is 7.57. The van der Waals surface area contributed by atoms with Crippen LogP contribution in [-0.4, -0.2) is 40.9 Å². The number of hydrogen-bond acceptors (Lipinski definition) is 8. The number of hydrogen-bond donors (Lipinski definition) is 0. The molecular formula is C12H20N3O4PS3. The highest BCUT2D eigenvalue weighted by atomic mass is 32.9. The molecule has 0 aromatic carbocycles. The molecule has 2 rings (SSSR count). The van der Waals surface area contributed by atoms with Crippen LogP contribution < -0.4 is 0 Å². The highest BCUT2D eigenvalue weighted by Gasteiger charge is 2.52. The molecule has 7 nitrogen and oxygen atoms in total. The number of nitrogens with zero attached hydrogens (tertiary/aromatic N) is 3. The van der Waals surface area contributed by atoms with Crippen LogP contribution in [0, 0.1) is 0 Å². The van der Waals surface area contributed by atoms with Crippen molar-refractivity contribution in [3.8, 4) is 0 Å².